The summed E-state index contributed by atoms with van der Waals surface area (Å²) in [6.45, 7) is 5.71. The Kier molecular flexibility index (Phi) is 4.38. The summed E-state index contributed by atoms with van der Waals surface area (Å²) in [4.78, 5) is 39.6. The molecule has 2 aromatic heterocycles. The van der Waals surface area contributed by atoms with Crippen molar-refractivity contribution in [2.45, 2.75) is 32.7 Å². The number of carbonyl (C=O) groups is 2. The number of fused-ring (bicyclic) bond motifs is 1. The Balaban J connectivity index is 1.34. The van der Waals surface area contributed by atoms with Crippen LogP contribution in [0.4, 0.5) is 16.3 Å². The van der Waals surface area contributed by atoms with Gasteiger partial charge in [0.2, 0.25) is 0 Å². The highest BCUT2D eigenvalue weighted by atomic mass is 16.2. The third kappa shape index (κ3) is 2.89. The molecule has 0 atom stereocenters. The van der Waals surface area contributed by atoms with Crippen LogP contribution >= 0.6 is 0 Å². The number of piperidine rings is 1. The van der Waals surface area contributed by atoms with Gasteiger partial charge in [-0.1, -0.05) is 18.2 Å². The smallest absolute Gasteiger partial charge is 0.332 e. The number of aryl methyl sites for hydroxylation is 1. The van der Waals surface area contributed by atoms with Crippen LogP contribution in [0.1, 0.15) is 24.1 Å². The Morgan fingerprint density at radius 2 is 1.77 bits per heavy atom. The van der Waals surface area contributed by atoms with Crippen LogP contribution in [-0.2, 0) is 4.79 Å². The largest absolute Gasteiger partial charge is 0.356 e. The molecule has 0 unspecified atom stereocenters. The van der Waals surface area contributed by atoms with Crippen molar-refractivity contribution in [1.82, 2.24) is 24.5 Å². The minimum atomic E-state index is -0.223. The Bertz CT molecular complexity index is 1120. The monoisotopic (exact) mass is 405 g/mol. The molecule has 9 heteroatoms. The molecule has 30 heavy (non-hydrogen) atoms. The molecule has 9 nitrogen and oxygen atoms in total. The molecule has 3 aromatic rings. The lowest BCUT2D eigenvalue weighted by molar-refractivity contribution is -0.116. The molecule has 2 fully saturated rings. The van der Waals surface area contributed by atoms with Crippen LogP contribution in [0.5, 0.6) is 0 Å². The number of anilines is 2. The highest BCUT2D eigenvalue weighted by Crippen LogP contribution is 2.29. The fraction of sp³-hybridized carbons (Fsp3) is 0.381. The second kappa shape index (κ2) is 7.08. The lowest BCUT2D eigenvalue weighted by Gasteiger charge is -2.37. The lowest BCUT2D eigenvalue weighted by atomic mass is 10.0. The summed E-state index contributed by atoms with van der Waals surface area (Å²) in [6, 6.07) is 8.94. The zero-order valence-corrected chi connectivity index (χ0v) is 17.0. The molecular formula is C21H23N7O2. The van der Waals surface area contributed by atoms with Crippen LogP contribution < -0.4 is 9.80 Å². The van der Waals surface area contributed by atoms with E-state index in [1.165, 1.54) is 11.2 Å². The number of benzene rings is 1. The summed E-state index contributed by atoms with van der Waals surface area (Å²) in [5.74, 6) is 1.43. The molecule has 0 bridgehead atoms. The summed E-state index contributed by atoms with van der Waals surface area (Å²) in [7, 11) is 0. The van der Waals surface area contributed by atoms with Gasteiger partial charge in [-0.15, -0.1) is 0 Å². The summed E-state index contributed by atoms with van der Waals surface area (Å²) >= 11 is 0. The minimum Gasteiger partial charge on any atom is -0.356 e. The molecule has 0 N–H and O–H groups in total. The summed E-state index contributed by atoms with van der Waals surface area (Å²) < 4.78 is 1.78. The second-order valence-electron chi connectivity index (χ2n) is 7.81. The van der Waals surface area contributed by atoms with Gasteiger partial charge in [-0.25, -0.2) is 14.7 Å². The van der Waals surface area contributed by atoms with Gasteiger partial charge in [0.1, 0.15) is 18.7 Å². The molecule has 154 valence electrons. The number of carbonyl (C=O) groups excluding carboxylic acids is 2. The van der Waals surface area contributed by atoms with Gasteiger partial charge in [0.25, 0.3) is 11.7 Å². The first kappa shape index (κ1) is 18.5. The Morgan fingerprint density at radius 3 is 2.50 bits per heavy atom. The number of para-hydroxylation sites is 1. The second-order valence-corrected chi connectivity index (χ2v) is 7.81. The van der Waals surface area contributed by atoms with Crippen molar-refractivity contribution in [3.05, 3.63) is 47.9 Å². The van der Waals surface area contributed by atoms with Crippen LogP contribution in [0, 0.1) is 13.8 Å². The first-order chi connectivity index (χ1) is 14.5. The Hall–Kier alpha value is -3.49. The molecule has 1 aromatic carbocycles. The number of amides is 3. The van der Waals surface area contributed by atoms with E-state index in [0.29, 0.717) is 11.5 Å². The predicted molar refractivity (Wildman–Crippen MR) is 112 cm³/mol. The molecule has 2 saturated heterocycles. The zero-order chi connectivity index (χ0) is 20.8. The van der Waals surface area contributed by atoms with E-state index in [-0.39, 0.29) is 24.5 Å². The molecule has 0 saturated carbocycles. The van der Waals surface area contributed by atoms with E-state index in [1.54, 1.807) is 21.5 Å². The normalized spacial score (nSPS) is 18.1. The van der Waals surface area contributed by atoms with Crippen LogP contribution in [0.3, 0.4) is 0 Å². The van der Waals surface area contributed by atoms with Crippen molar-refractivity contribution in [2.75, 3.05) is 29.4 Å². The number of nitrogens with zero attached hydrogens (tertiary/aromatic N) is 7. The van der Waals surface area contributed by atoms with Crippen LogP contribution in [0.15, 0.2) is 36.7 Å². The fourth-order valence-electron chi connectivity index (χ4n) is 4.41. The highest BCUT2D eigenvalue weighted by molar-refractivity contribution is 6.19. The summed E-state index contributed by atoms with van der Waals surface area (Å²) in [5, 5.41) is 4.34. The fourth-order valence-corrected chi connectivity index (χ4v) is 4.41. The van der Waals surface area contributed by atoms with Crippen LogP contribution in [-0.4, -0.2) is 62.1 Å². The predicted octanol–water partition coefficient (Wildman–Crippen LogP) is 2.18. The molecule has 5 rings (SSSR count). The molecule has 4 heterocycles. The van der Waals surface area contributed by atoms with Crippen molar-refractivity contribution in [3.8, 4) is 0 Å². The summed E-state index contributed by atoms with van der Waals surface area (Å²) in [6.07, 6.45) is 3.10. The number of imide groups is 1. The van der Waals surface area contributed by atoms with Crippen molar-refractivity contribution in [3.63, 3.8) is 0 Å². The number of rotatable bonds is 3. The van der Waals surface area contributed by atoms with Gasteiger partial charge in [-0.2, -0.15) is 14.6 Å². The Morgan fingerprint density at radius 1 is 1.03 bits per heavy atom. The van der Waals surface area contributed by atoms with Gasteiger partial charge in [0.15, 0.2) is 0 Å². The van der Waals surface area contributed by atoms with Gasteiger partial charge >= 0.3 is 6.03 Å². The molecule has 2 aliphatic rings. The quantitative estimate of drug-likeness (QED) is 0.621. The topological polar surface area (TPSA) is 86.9 Å². The number of aromatic nitrogens is 4. The van der Waals surface area contributed by atoms with Crippen molar-refractivity contribution >= 4 is 29.2 Å². The molecule has 2 aliphatic heterocycles. The molecule has 0 aliphatic carbocycles. The minimum absolute atomic E-state index is 0.0425. The highest BCUT2D eigenvalue weighted by Gasteiger charge is 2.41. The maximum Gasteiger partial charge on any atom is 0.332 e. The van der Waals surface area contributed by atoms with E-state index in [0.717, 1.165) is 43.0 Å². The van der Waals surface area contributed by atoms with Crippen molar-refractivity contribution < 1.29 is 9.59 Å². The maximum atomic E-state index is 13.0. The third-order valence-electron chi connectivity index (χ3n) is 6.09. The lowest BCUT2D eigenvalue weighted by Crippen LogP contribution is -2.47. The number of hydrogen-bond acceptors (Lipinski definition) is 6. The molecule has 0 spiro atoms. The number of hydrogen-bond donors (Lipinski definition) is 0. The van der Waals surface area contributed by atoms with E-state index < -0.39 is 0 Å². The van der Waals surface area contributed by atoms with Gasteiger partial charge in [0.05, 0.1) is 5.69 Å². The van der Waals surface area contributed by atoms with E-state index in [2.05, 4.69) is 20.0 Å². The van der Waals surface area contributed by atoms with E-state index in [4.69, 9.17) is 0 Å². The summed E-state index contributed by atoms with van der Waals surface area (Å²) in [5.41, 5.74) is 2.64. The standard InChI is InChI=1S/C21H23N7O2/c1-14-15(2)24-20-22-13-23-28(20)19(14)25-10-8-16(9-11-25)26-12-18(29)27(21(26)30)17-6-4-3-5-7-17/h3-7,13,16H,8-12H2,1-2H3. The van der Waals surface area contributed by atoms with E-state index in [9.17, 15) is 9.59 Å². The van der Waals surface area contributed by atoms with Crippen molar-refractivity contribution in [1.29, 1.82) is 0 Å². The van der Waals surface area contributed by atoms with Crippen LogP contribution in [0.2, 0.25) is 0 Å². The maximum absolute atomic E-state index is 13.0. The SMILES string of the molecule is Cc1nc2ncnn2c(N2CCC(N3CC(=O)N(c4ccccc4)C3=O)CC2)c1C. The average Bonchev–Trinajstić information content (AvgIpc) is 3.33. The van der Waals surface area contributed by atoms with Gasteiger partial charge in [0, 0.05) is 30.4 Å². The van der Waals surface area contributed by atoms with E-state index >= 15 is 0 Å². The van der Waals surface area contributed by atoms with Crippen LogP contribution in [0.25, 0.3) is 5.78 Å². The van der Waals surface area contributed by atoms with E-state index in [1.807, 2.05) is 32.0 Å². The molecule has 3 amide bonds. The number of urea groups is 1. The first-order valence-electron chi connectivity index (χ1n) is 10.1. The van der Waals surface area contributed by atoms with Gasteiger partial charge in [-0.3, -0.25) is 4.79 Å². The molecular weight excluding hydrogens is 382 g/mol. The average molecular weight is 405 g/mol. The first-order valence-corrected chi connectivity index (χ1v) is 10.1. The van der Waals surface area contributed by atoms with Gasteiger partial charge in [-0.05, 0) is 38.8 Å². The third-order valence-corrected chi connectivity index (χ3v) is 6.09. The zero-order valence-electron chi connectivity index (χ0n) is 17.0. The Labute approximate surface area is 173 Å². The molecule has 0 radical (unpaired) electrons. The van der Waals surface area contributed by atoms with Crippen molar-refractivity contribution in [2.24, 2.45) is 0 Å². The van der Waals surface area contributed by atoms with Gasteiger partial charge < -0.3 is 9.80 Å².